The molecule has 0 unspecified atom stereocenters. The van der Waals surface area contributed by atoms with Crippen LogP contribution in [0.15, 0.2) is 30.0 Å². The van der Waals surface area contributed by atoms with E-state index < -0.39 is 10.9 Å². The van der Waals surface area contributed by atoms with E-state index in [4.69, 9.17) is 22.4 Å². The molecule has 0 spiro atoms. The summed E-state index contributed by atoms with van der Waals surface area (Å²) in [6.45, 7) is 0.0951. The fraction of sp³-hybridized carbons (Fsp3) is 0.154. The van der Waals surface area contributed by atoms with Gasteiger partial charge in [-0.15, -0.1) is 0 Å². The van der Waals surface area contributed by atoms with Gasteiger partial charge in [0, 0.05) is 36.2 Å². The maximum absolute atomic E-state index is 11.1. The quantitative estimate of drug-likeness (QED) is 0.444. The van der Waals surface area contributed by atoms with Crippen LogP contribution in [0, 0.1) is 10.1 Å². The summed E-state index contributed by atoms with van der Waals surface area (Å²) in [7, 11) is 0. The summed E-state index contributed by atoms with van der Waals surface area (Å²) in [4.78, 5) is 24.4. The lowest BCUT2D eigenvalue weighted by atomic mass is 10.0. The van der Waals surface area contributed by atoms with E-state index in [-0.39, 0.29) is 29.7 Å². The van der Waals surface area contributed by atoms with Gasteiger partial charge in [0.25, 0.3) is 5.69 Å². The predicted molar refractivity (Wildman–Crippen MR) is 78.4 cm³/mol. The summed E-state index contributed by atoms with van der Waals surface area (Å²) in [5.41, 5.74) is 6.19. The first-order valence-corrected chi connectivity index (χ1v) is 6.38. The number of carbonyl (C=O) groups is 1. The van der Waals surface area contributed by atoms with E-state index in [2.05, 4.69) is 4.98 Å². The van der Waals surface area contributed by atoms with Gasteiger partial charge in [0.1, 0.15) is 5.52 Å². The normalized spacial score (nSPS) is 11.8. The van der Waals surface area contributed by atoms with Gasteiger partial charge in [0.15, 0.2) is 0 Å². The lowest BCUT2D eigenvalue weighted by molar-refractivity contribution is -0.383. The van der Waals surface area contributed by atoms with Crippen LogP contribution >= 0.6 is 11.6 Å². The number of nitrogens with one attached hydrogen (secondary N) is 1. The second-order valence-corrected chi connectivity index (χ2v) is 4.74. The summed E-state index contributed by atoms with van der Waals surface area (Å²) in [5, 5.41) is 20.9. The van der Waals surface area contributed by atoms with Crippen LogP contribution in [-0.4, -0.2) is 27.5 Å². The summed E-state index contributed by atoms with van der Waals surface area (Å²) in [5.74, 6) is -1.09. The smallest absolute Gasteiger partial charge is 0.331 e. The van der Waals surface area contributed by atoms with E-state index in [0.29, 0.717) is 16.0 Å². The molecule has 0 atom stereocenters. The number of aromatic nitrogens is 1. The Balaban J connectivity index is 2.56. The lowest BCUT2D eigenvalue weighted by Gasteiger charge is -2.03. The maximum atomic E-state index is 11.1. The zero-order chi connectivity index (χ0) is 15.6. The number of nitro groups is 1. The maximum Gasteiger partial charge on any atom is 0.331 e. The Bertz CT molecular complexity index is 751. The first kappa shape index (κ1) is 15.0. The van der Waals surface area contributed by atoms with Gasteiger partial charge in [-0.1, -0.05) is 17.7 Å². The van der Waals surface area contributed by atoms with Crippen LogP contribution in [-0.2, 0) is 11.2 Å². The molecule has 2 aromatic rings. The van der Waals surface area contributed by atoms with Gasteiger partial charge in [-0.05, 0) is 11.6 Å². The number of nitrogens with two attached hydrogens (primary N) is 1. The zero-order valence-corrected chi connectivity index (χ0v) is 11.6. The molecule has 0 saturated heterocycles. The largest absolute Gasteiger partial charge is 0.478 e. The number of fused-ring (bicyclic) bond motifs is 1. The van der Waals surface area contributed by atoms with Crippen molar-refractivity contribution in [2.75, 3.05) is 6.54 Å². The van der Waals surface area contributed by atoms with Gasteiger partial charge in [-0.3, -0.25) is 10.1 Å². The third-order valence-corrected chi connectivity index (χ3v) is 3.38. The molecule has 0 radical (unpaired) electrons. The summed E-state index contributed by atoms with van der Waals surface area (Å²) in [6, 6.07) is 2.73. The highest BCUT2D eigenvalue weighted by molar-refractivity contribution is 6.36. The van der Waals surface area contributed by atoms with E-state index in [0.717, 1.165) is 0 Å². The van der Waals surface area contributed by atoms with Crippen LogP contribution in [0.1, 0.15) is 5.56 Å². The Labute approximate surface area is 124 Å². The molecule has 0 aliphatic rings. The summed E-state index contributed by atoms with van der Waals surface area (Å²) in [6.07, 6.45) is 3.00. The zero-order valence-electron chi connectivity index (χ0n) is 10.8. The molecule has 0 amide bonds. The van der Waals surface area contributed by atoms with Crippen LogP contribution in [0.4, 0.5) is 5.69 Å². The van der Waals surface area contributed by atoms with Crippen molar-refractivity contribution in [3.63, 3.8) is 0 Å². The molecule has 0 fully saturated rings. The molecule has 1 aromatic heterocycles. The van der Waals surface area contributed by atoms with E-state index in [1.807, 2.05) is 0 Å². The van der Waals surface area contributed by atoms with Gasteiger partial charge < -0.3 is 15.8 Å². The molecule has 110 valence electrons. The SMILES string of the molecule is NC/C=C(\Cc1c[nH]c2c([N+](=O)[O-])ccc(Cl)c12)C(=O)O. The molecule has 0 bridgehead atoms. The van der Waals surface area contributed by atoms with Crippen molar-refractivity contribution < 1.29 is 14.8 Å². The Kier molecular flexibility index (Phi) is 4.25. The number of aromatic amines is 1. The standard InChI is InChI=1S/C13H12ClN3O4/c14-9-1-2-10(17(20)21)12-11(9)8(6-16-12)5-7(3-4-15)13(18)19/h1-3,6,16H,4-5,15H2,(H,18,19)/b7-3+. The minimum atomic E-state index is -1.09. The number of nitro benzene ring substituents is 1. The highest BCUT2D eigenvalue weighted by Gasteiger charge is 2.19. The third kappa shape index (κ3) is 2.88. The van der Waals surface area contributed by atoms with Crippen LogP contribution in [0.25, 0.3) is 10.9 Å². The fourth-order valence-electron chi connectivity index (χ4n) is 2.13. The highest BCUT2D eigenvalue weighted by Crippen LogP contribution is 2.34. The number of carboxylic acids is 1. The minimum absolute atomic E-state index is 0.0768. The van der Waals surface area contributed by atoms with Crippen LogP contribution in [0.2, 0.25) is 5.02 Å². The number of carboxylic acid groups (broad SMARTS) is 1. The summed E-state index contributed by atoms with van der Waals surface area (Å²) >= 11 is 6.09. The average Bonchev–Trinajstić information content (AvgIpc) is 2.83. The monoisotopic (exact) mass is 309 g/mol. The van der Waals surface area contributed by atoms with Gasteiger partial charge in [0.05, 0.1) is 9.95 Å². The molecule has 4 N–H and O–H groups in total. The van der Waals surface area contributed by atoms with E-state index in [1.165, 1.54) is 24.4 Å². The second kappa shape index (κ2) is 5.94. The van der Waals surface area contributed by atoms with Gasteiger partial charge in [-0.25, -0.2) is 4.79 Å². The van der Waals surface area contributed by atoms with Crippen molar-refractivity contribution in [2.45, 2.75) is 6.42 Å². The van der Waals surface area contributed by atoms with Crippen molar-refractivity contribution in [3.05, 3.63) is 50.7 Å². The highest BCUT2D eigenvalue weighted by atomic mass is 35.5. The first-order valence-electron chi connectivity index (χ1n) is 6.01. The average molecular weight is 310 g/mol. The number of benzene rings is 1. The van der Waals surface area contributed by atoms with Crippen molar-refractivity contribution in [1.82, 2.24) is 4.98 Å². The second-order valence-electron chi connectivity index (χ2n) is 4.33. The van der Waals surface area contributed by atoms with Crippen LogP contribution < -0.4 is 5.73 Å². The van der Waals surface area contributed by atoms with Crippen molar-refractivity contribution >= 4 is 34.2 Å². The molecule has 21 heavy (non-hydrogen) atoms. The fourth-order valence-corrected chi connectivity index (χ4v) is 2.41. The molecule has 0 aliphatic carbocycles. The number of hydrogen-bond donors (Lipinski definition) is 3. The van der Waals surface area contributed by atoms with Gasteiger partial charge >= 0.3 is 5.97 Å². The molecule has 1 aromatic carbocycles. The van der Waals surface area contributed by atoms with Crippen LogP contribution in [0.3, 0.4) is 0 Å². The molecule has 1 heterocycles. The lowest BCUT2D eigenvalue weighted by Crippen LogP contribution is -2.07. The number of aliphatic carboxylic acids is 1. The predicted octanol–water partition coefficient (Wildman–Crippen LogP) is 2.24. The minimum Gasteiger partial charge on any atom is -0.478 e. The number of halogens is 1. The molecule has 2 rings (SSSR count). The van der Waals surface area contributed by atoms with E-state index >= 15 is 0 Å². The van der Waals surface area contributed by atoms with Gasteiger partial charge in [-0.2, -0.15) is 0 Å². The van der Waals surface area contributed by atoms with Crippen LogP contribution in [0.5, 0.6) is 0 Å². The van der Waals surface area contributed by atoms with Crippen molar-refractivity contribution in [3.8, 4) is 0 Å². The number of non-ortho nitro benzene ring substituents is 1. The Morgan fingerprint density at radius 3 is 2.81 bits per heavy atom. The number of hydrogen-bond acceptors (Lipinski definition) is 4. The molecular weight excluding hydrogens is 298 g/mol. The third-order valence-electron chi connectivity index (χ3n) is 3.06. The molecular formula is C13H12ClN3O4. The molecule has 8 heteroatoms. The molecule has 0 saturated carbocycles. The number of rotatable bonds is 5. The van der Waals surface area contributed by atoms with E-state index in [9.17, 15) is 14.9 Å². The number of nitrogens with zero attached hydrogens (tertiary/aromatic N) is 1. The summed E-state index contributed by atoms with van der Waals surface area (Å²) < 4.78 is 0. The number of H-pyrrole nitrogens is 1. The van der Waals surface area contributed by atoms with Crippen molar-refractivity contribution in [1.29, 1.82) is 0 Å². The van der Waals surface area contributed by atoms with Gasteiger partial charge in [0.2, 0.25) is 0 Å². The Hall–Kier alpha value is -2.38. The Morgan fingerprint density at radius 1 is 1.52 bits per heavy atom. The van der Waals surface area contributed by atoms with Crippen molar-refractivity contribution in [2.24, 2.45) is 5.73 Å². The molecule has 7 nitrogen and oxygen atoms in total. The Morgan fingerprint density at radius 2 is 2.24 bits per heavy atom. The topological polar surface area (TPSA) is 122 Å². The molecule has 0 aliphatic heterocycles. The van der Waals surface area contributed by atoms with E-state index in [1.54, 1.807) is 0 Å². The first-order chi connectivity index (χ1) is 9.95.